The van der Waals surface area contributed by atoms with Crippen molar-refractivity contribution in [2.45, 2.75) is 24.6 Å². The number of likely N-dealkylation sites (tertiary alicyclic amines) is 1. The lowest BCUT2D eigenvalue weighted by molar-refractivity contribution is 0.0726. The number of alkyl halides is 1. The summed E-state index contributed by atoms with van der Waals surface area (Å²) in [5, 5.41) is 0. The fraction of sp³-hybridized carbons (Fsp3) is 0.545. The van der Waals surface area contributed by atoms with Crippen LogP contribution in [0.15, 0.2) is 16.7 Å². The number of aryl methyl sites for hydroxylation is 1. The van der Waals surface area contributed by atoms with E-state index in [0.29, 0.717) is 16.2 Å². The maximum absolute atomic E-state index is 12.0. The Labute approximate surface area is 97.6 Å². The Morgan fingerprint density at radius 1 is 1.53 bits per heavy atom. The molecule has 0 radical (unpaired) electrons. The highest BCUT2D eigenvalue weighted by Gasteiger charge is 2.23. The number of hydrogen-bond donors (Lipinski definition) is 0. The lowest BCUT2D eigenvalue weighted by atomic mass is 10.1. The Morgan fingerprint density at radius 3 is 2.73 bits per heavy atom. The molecule has 0 aromatic carbocycles. The summed E-state index contributed by atoms with van der Waals surface area (Å²) in [5.74, 6) is 0.807. The number of piperidine rings is 1. The van der Waals surface area contributed by atoms with Crippen LogP contribution in [0.3, 0.4) is 0 Å². The zero-order valence-electron chi connectivity index (χ0n) is 8.70. The predicted octanol–water partition coefficient (Wildman–Crippen LogP) is 2.59. The van der Waals surface area contributed by atoms with Crippen LogP contribution in [0.25, 0.3) is 0 Å². The van der Waals surface area contributed by atoms with Crippen molar-refractivity contribution in [1.82, 2.24) is 4.90 Å². The molecular formula is C11H14BrNO2. The van der Waals surface area contributed by atoms with E-state index in [9.17, 15) is 4.79 Å². The maximum Gasteiger partial charge on any atom is 0.257 e. The molecule has 1 fully saturated rings. The average molecular weight is 272 g/mol. The number of hydrogen-bond acceptors (Lipinski definition) is 2. The van der Waals surface area contributed by atoms with Gasteiger partial charge in [0.25, 0.3) is 5.91 Å². The maximum atomic E-state index is 12.0. The SMILES string of the molecule is Cc1occc1C(=O)N1CCC(Br)CC1. The van der Waals surface area contributed by atoms with Crippen LogP contribution < -0.4 is 0 Å². The smallest absolute Gasteiger partial charge is 0.257 e. The van der Waals surface area contributed by atoms with Gasteiger partial charge in [0.1, 0.15) is 5.76 Å². The van der Waals surface area contributed by atoms with Crippen LogP contribution in [0.1, 0.15) is 29.0 Å². The van der Waals surface area contributed by atoms with Gasteiger partial charge in [-0.2, -0.15) is 0 Å². The number of nitrogens with zero attached hydrogens (tertiary/aromatic N) is 1. The van der Waals surface area contributed by atoms with E-state index >= 15 is 0 Å². The number of halogens is 1. The van der Waals surface area contributed by atoms with E-state index in [1.807, 2.05) is 11.8 Å². The number of furan rings is 1. The molecule has 0 aliphatic carbocycles. The molecule has 0 atom stereocenters. The van der Waals surface area contributed by atoms with Gasteiger partial charge >= 0.3 is 0 Å². The molecule has 15 heavy (non-hydrogen) atoms. The van der Waals surface area contributed by atoms with Gasteiger partial charge in [0.05, 0.1) is 11.8 Å². The van der Waals surface area contributed by atoms with Crippen molar-refractivity contribution in [3.8, 4) is 0 Å². The second-order valence-electron chi connectivity index (χ2n) is 3.86. The van der Waals surface area contributed by atoms with Crippen LogP contribution >= 0.6 is 15.9 Å². The van der Waals surface area contributed by atoms with Gasteiger partial charge < -0.3 is 9.32 Å². The van der Waals surface area contributed by atoms with E-state index < -0.39 is 0 Å². The Morgan fingerprint density at radius 2 is 2.20 bits per heavy atom. The lowest BCUT2D eigenvalue weighted by Crippen LogP contribution is -2.38. The molecule has 3 nitrogen and oxygen atoms in total. The minimum Gasteiger partial charge on any atom is -0.469 e. The van der Waals surface area contributed by atoms with Gasteiger partial charge in [-0.1, -0.05) is 15.9 Å². The molecule has 82 valence electrons. The van der Waals surface area contributed by atoms with E-state index in [0.717, 1.165) is 25.9 Å². The molecule has 1 aliphatic rings. The molecule has 2 heterocycles. The van der Waals surface area contributed by atoms with Crippen LogP contribution in [0, 0.1) is 6.92 Å². The molecule has 1 amide bonds. The van der Waals surface area contributed by atoms with Crippen LogP contribution in [0.5, 0.6) is 0 Å². The normalized spacial score (nSPS) is 18.1. The Kier molecular flexibility index (Phi) is 3.14. The summed E-state index contributed by atoms with van der Waals surface area (Å²) in [6.07, 6.45) is 3.63. The van der Waals surface area contributed by atoms with Crippen molar-refractivity contribution in [1.29, 1.82) is 0 Å². The second kappa shape index (κ2) is 4.39. The van der Waals surface area contributed by atoms with Crippen molar-refractivity contribution in [2.75, 3.05) is 13.1 Å². The predicted molar refractivity (Wildman–Crippen MR) is 61.3 cm³/mol. The molecule has 0 N–H and O–H groups in total. The van der Waals surface area contributed by atoms with Gasteiger partial charge in [0.15, 0.2) is 0 Å². The zero-order chi connectivity index (χ0) is 10.8. The molecule has 0 bridgehead atoms. The van der Waals surface area contributed by atoms with E-state index in [1.165, 1.54) is 0 Å². The van der Waals surface area contributed by atoms with E-state index in [4.69, 9.17) is 4.42 Å². The van der Waals surface area contributed by atoms with Gasteiger partial charge in [-0.15, -0.1) is 0 Å². The van der Waals surface area contributed by atoms with Crippen LogP contribution in [-0.2, 0) is 0 Å². The van der Waals surface area contributed by atoms with Crippen molar-refractivity contribution in [2.24, 2.45) is 0 Å². The molecule has 0 unspecified atom stereocenters. The second-order valence-corrected chi connectivity index (χ2v) is 5.15. The molecule has 1 aromatic heterocycles. The Bertz CT molecular complexity index is 353. The van der Waals surface area contributed by atoms with Gasteiger partial charge in [0, 0.05) is 17.9 Å². The first-order chi connectivity index (χ1) is 7.18. The van der Waals surface area contributed by atoms with E-state index in [1.54, 1.807) is 12.3 Å². The summed E-state index contributed by atoms with van der Waals surface area (Å²) < 4.78 is 5.14. The molecule has 1 saturated heterocycles. The molecule has 0 spiro atoms. The molecule has 0 saturated carbocycles. The molecular weight excluding hydrogens is 258 g/mol. The van der Waals surface area contributed by atoms with Crippen LogP contribution in [-0.4, -0.2) is 28.7 Å². The van der Waals surface area contributed by atoms with Gasteiger partial charge in [-0.05, 0) is 25.8 Å². The number of rotatable bonds is 1. The Hall–Kier alpha value is -0.770. The molecule has 2 rings (SSSR count). The monoisotopic (exact) mass is 271 g/mol. The molecule has 1 aliphatic heterocycles. The molecule has 4 heteroatoms. The number of amides is 1. The minimum atomic E-state index is 0.0978. The summed E-state index contributed by atoms with van der Waals surface area (Å²) in [7, 11) is 0. The Balaban J connectivity index is 2.06. The van der Waals surface area contributed by atoms with Crippen molar-refractivity contribution in [3.05, 3.63) is 23.7 Å². The summed E-state index contributed by atoms with van der Waals surface area (Å²) >= 11 is 3.57. The largest absolute Gasteiger partial charge is 0.469 e. The molecule has 1 aromatic rings. The first-order valence-electron chi connectivity index (χ1n) is 5.16. The highest BCUT2D eigenvalue weighted by molar-refractivity contribution is 9.09. The zero-order valence-corrected chi connectivity index (χ0v) is 10.3. The number of carbonyl (C=O) groups excluding carboxylic acids is 1. The lowest BCUT2D eigenvalue weighted by Gasteiger charge is -2.29. The van der Waals surface area contributed by atoms with Crippen molar-refractivity contribution >= 4 is 21.8 Å². The third-order valence-electron chi connectivity index (χ3n) is 2.80. The summed E-state index contributed by atoms with van der Waals surface area (Å²) in [6, 6.07) is 1.75. The van der Waals surface area contributed by atoms with E-state index in [-0.39, 0.29) is 5.91 Å². The van der Waals surface area contributed by atoms with Gasteiger partial charge in [-0.25, -0.2) is 0 Å². The highest BCUT2D eigenvalue weighted by atomic mass is 79.9. The average Bonchev–Trinajstić information content (AvgIpc) is 2.65. The van der Waals surface area contributed by atoms with E-state index in [2.05, 4.69) is 15.9 Å². The number of carbonyl (C=O) groups is 1. The van der Waals surface area contributed by atoms with Crippen LogP contribution in [0.4, 0.5) is 0 Å². The summed E-state index contributed by atoms with van der Waals surface area (Å²) in [5.41, 5.74) is 0.697. The first-order valence-corrected chi connectivity index (χ1v) is 6.07. The highest BCUT2D eigenvalue weighted by Crippen LogP contribution is 2.20. The first kappa shape index (κ1) is 10.7. The summed E-state index contributed by atoms with van der Waals surface area (Å²) in [4.78, 5) is 14.5. The standard InChI is InChI=1S/C11H14BrNO2/c1-8-10(4-7-15-8)11(14)13-5-2-9(12)3-6-13/h4,7,9H,2-3,5-6H2,1H3. The quantitative estimate of drug-likeness (QED) is 0.736. The van der Waals surface area contributed by atoms with Crippen molar-refractivity contribution in [3.63, 3.8) is 0 Å². The van der Waals surface area contributed by atoms with Gasteiger partial charge in [0.2, 0.25) is 0 Å². The van der Waals surface area contributed by atoms with Gasteiger partial charge in [-0.3, -0.25) is 4.79 Å². The topological polar surface area (TPSA) is 33.5 Å². The van der Waals surface area contributed by atoms with Crippen LogP contribution in [0.2, 0.25) is 0 Å². The summed E-state index contributed by atoms with van der Waals surface area (Å²) in [6.45, 7) is 3.49. The third kappa shape index (κ3) is 2.25. The fourth-order valence-corrected chi connectivity index (χ4v) is 2.24. The minimum absolute atomic E-state index is 0.0978. The third-order valence-corrected chi connectivity index (χ3v) is 3.72. The van der Waals surface area contributed by atoms with Crippen molar-refractivity contribution < 1.29 is 9.21 Å². The fourth-order valence-electron chi connectivity index (χ4n) is 1.83.